The van der Waals surface area contributed by atoms with Gasteiger partial charge in [0.05, 0.1) is 18.3 Å². The number of rotatable bonds is 8. The maximum absolute atomic E-state index is 11.9. The number of benzene rings is 1. The highest BCUT2D eigenvalue weighted by atomic mass is 32.1. The highest BCUT2D eigenvalue weighted by Crippen LogP contribution is 2.29. The lowest BCUT2D eigenvalue weighted by Crippen LogP contribution is -2.23. The molecule has 2 aromatic rings. The number of nitrogens with one attached hydrogen (secondary N) is 2. The van der Waals surface area contributed by atoms with Crippen molar-refractivity contribution >= 4 is 28.3 Å². The van der Waals surface area contributed by atoms with Crippen molar-refractivity contribution < 1.29 is 14.3 Å². The van der Waals surface area contributed by atoms with E-state index in [1.165, 1.54) is 31.1 Å². The van der Waals surface area contributed by atoms with Crippen LogP contribution < -0.4 is 10.6 Å². The van der Waals surface area contributed by atoms with Crippen LogP contribution in [0.2, 0.25) is 0 Å². The minimum atomic E-state index is -0.175. The van der Waals surface area contributed by atoms with Crippen molar-refractivity contribution in [3.8, 4) is 11.3 Å². The van der Waals surface area contributed by atoms with Crippen LogP contribution in [-0.2, 0) is 14.3 Å². The van der Waals surface area contributed by atoms with Crippen LogP contribution in [0.3, 0.4) is 0 Å². The molecule has 6 nitrogen and oxygen atoms in total. The standard InChI is InChI=1S/C19H23N3O3S/c1-12(20-13(2)23)15-5-7-16(8-6-15)17-11-26-19(21-17)22-18(24)10-25-9-14-3-4-14/h5-8,11-12,14H,3-4,9-10H2,1-2H3,(H,20,23)(H,21,22,24)/t12-/m0/s1. The van der Waals surface area contributed by atoms with Crippen LogP contribution in [0.5, 0.6) is 0 Å². The van der Waals surface area contributed by atoms with Crippen molar-refractivity contribution in [2.24, 2.45) is 5.92 Å². The Bertz CT molecular complexity index is 769. The Morgan fingerprint density at radius 3 is 2.69 bits per heavy atom. The summed E-state index contributed by atoms with van der Waals surface area (Å²) in [6.07, 6.45) is 2.42. The molecule has 3 rings (SSSR count). The fourth-order valence-electron chi connectivity index (χ4n) is 2.55. The number of hydrogen-bond acceptors (Lipinski definition) is 5. The number of anilines is 1. The number of amides is 2. The largest absolute Gasteiger partial charge is 0.371 e. The normalized spacial score (nSPS) is 14.7. The van der Waals surface area contributed by atoms with E-state index in [0.717, 1.165) is 16.8 Å². The molecule has 1 aromatic heterocycles. The summed E-state index contributed by atoms with van der Waals surface area (Å²) in [6, 6.07) is 7.83. The van der Waals surface area contributed by atoms with E-state index >= 15 is 0 Å². The summed E-state index contributed by atoms with van der Waals surface area (Å²) in [6.45, 7) is 4.19. The SMILES string of the molecule is CC(=O)N[C@@H](C)c1ccc(-c2csc(NC(=O)COCC3CC3)n2)cc1. The zero-order valence-corrected chi connectivity index (χ0v) is 15.8. The first-order valence-corrected chi connectivity index (χ1v) is 9.60. The van der Waals surface area contributed by atoms with Crippen molar-refractivity contribution in [2.75, 3.05) is 18.5 Å². The van der Waals surface area contributed by atoms with Gasteiger partial charge in [0, 0.05) is 17.9 Å². The predicted molar refractivity (Wildman–Crippen MR) is 102 cm³/mol. The summed E-state index contributed by atoms with van der Waals surface area (Å²) in [5.74, 6) is 0.416. The molecule has 1 saturated carbocycles. The third kappa shape index (κ3) is 5.37. The summed E-state index contributed by atoms with van der Waals surface area (Å²) in [5, 5.41) is 8.11. The molecule has 7 heteroatoms. The summed E-state index contributed by atoms with van der Waals surface area (Å²) < 4.78 is 5.38. The Morgan fingerprint density at radius 1 is 1.31 bits per heavy atom. The third-order valence-electron chi connectivity index (χ3n) is 4.16. The minimum Gasteiger partial charge on any atom is -0.371 e. The minimum absolute atomic E-state index is 0.0394. The fraction of sp³-hybridized carbons (Fsp3) is 0.421. The first kappa shape index (κ1) is 18.5. The van der Waals surface area contributed by atoms with E-state index in [9.17, 15) is 9.59 Å². The second-order valence-electron chi connectivity index (χ2n) is 6.59. The molecule has 2 amide bonds. The first-order chi connectivity index (χ1) is 12.5. The van der Waals surface area contributed by atoms with Gasteiger partial charge in [0.2, 0.25) is 5.91 Å². The molecule has 1 fully saturated rings. The Balaban J connectivity index is 1.54. The smallest absolute Gasteiger partial charge is 0.252 e. The van der Waals surface area contributed by atoms with Crippen LogP contribution in [0, 0.1) is 5.92 Å². The maximum Gasteiger partial charge on any atom is 0.252 e. The zero-order valence-electron chi connectivity index (χ0n) is 15.0. The molecule has 1 heterocycles. The maximum atomic E-state index is 11.9. The molecule has 26 heavy (non-hydrogen) atoms. The van der Waals surface area contributed by atoms with Crippen LogP contribution >= 0.6 is 11.3 Å². The van der Waals surface area contributed by atoms with Gasteiger partial charge >= 0.3 is 0 Å². The van der Waals surface area contributed by atoms with Gasteiger partial charge in [-0.15, -0.1) is 11.3 Å². The molecule has 0 spiro atoms. The molecule has 0 radical (unpaired) electrons. The van der Waals surface area contributed by atoms with Crippen LogP contribution in [0.25, 0.3) is 11.3 Å². The van der Waals surface area contributed by atoms with Gasteiger partial charge in [-0.3, -0.25) is 14.9 Å². The van der Waals surface area contributed by atoms with Gasteiger partial charge in [-0.25, -0.2) is 4.98 Å². The number of aromatic nitrogens is 1. The van der Waals surface area contributed by atoms with Crippen LogP contribution in [0.15, 0.2) is 29.6 Å². The lowest BCUT2D eigenvalue weighted by molar-refractivity contribution is -0.121. The summed E-state index contributed by atoms with van der Waals surface area (Å²) in [7, 11) is 0. The van der Waals surface area contributed by atoms with E-state index in [4.69, 9.17) is 4.74 Å². The fourth-order valence-corrected chi connectivity index (χ4v) is 3.29. The van der Waals surface area contributed by atoms with E-state index in [0.29, 0.717) is 17.7 Å². The Hall–Kier alpha value is -2.25. The van der Waals surface area contributed by atoms with E-state index in [2.05, 4.69) is 15.6 Å². The van der Waals surface area contributed by atoms with Gasteiger partial charge in [-0.2, -0.15) is 0 Å². The van der Waals surface area contributed by atoms with E-state index in [1.54, 1.807) is 0 Å². The quantitative estimate of drug-likeness (QED) is 0.743. The highest BCUT2D eigenvalue weighted by molar-refractivity contribution is 7.14. The predicted octanol–water partition coefficient (Wildman–Crippen LogP) is 3.37. The number of carbonyl (C=O) groups is 2. The monoisotopic (exact) mass is 373 g/mol. The van der Waals surface area contributed by atoms with Gasteiger partial charge in [0.1, 0.15) is 6.61 Å². The first-order valence-electron chi connectivity index (χ1n) is 8.72. The second-order valence-corrected chi connectivity index (χ2v) is 7.45. The van der Waals surface area contributed by atoms with Crippen molar-refractivity contribution in [2.45, 2.75) is 32.7 Å². The summed E-state index contributed by atoms with van der Waals surface area (Å²) in [4.78, 5) is 27.5. The molecular weight excluding hydrogens is 350 g/mol. The van der Waals surface area contributed by atoms with Gasteiger partial charge in [0.25, 0.3) is 5.91 Å². The molecule has 138 valence electrons. The Labute approximate surface area is 157 Å². The Morgan fingerprint density at radius 2 is 2.04 bits per heavy atom. The second kappa shape index (κ2) is 8.42. The summed E-state index contributed by atoms with van der Waals surface area (Å²) >= 11 is 1.39. The number of carbonyl (C=O) groups excluding carboxylic acids is 2. The van der Waals surface area contributed by atoms with Crippen molar-refractivity contribution in [1.82, 2.24) is 10.3 Å². The molecular formula is C19H23N3O3S. The van der Waals surface area contributed by atoms with Gasteiger partial charge in [-0.1, -0.05) is 24.3 Å². The van der Waals surface area contributed by atoms with Crippen LogP contribution in [-0.4, -0.2) is 30.0 Å². The number of hydrogen-bond donors (Lipinski definition) is 2. The molecule has 0 unspecified atom stereocenters. The van der Waals surface area contributed by atoms with Crippen molar-refractivity contribution in [3.05, 3.63) is 35.2 Å². The zero-order chi connectivity index (χ0) is 18.5. The topological polar surface area (TPSA) is 80.3 Å². The molecule has 1 aromatic carbocycles. The molecule has 0 saturated heterocycles. The lowest BCUT2D eigenvalue weighted by atomic mass is 10.1. The van der Waals surface area contributed by atoms with Crippen LogP contribution in [0.4, 0.5) is 5.13 Å². The average molecular weight is 373 g/mol. The van der Waals surface area contributed by atoms with Crippen molar-refractivity contribution in [3.63, 3.8) is 0 Å². The van der Waals surface area contributed by atoms with Gasteiger partial charge in [0.15, 0.2) is 5.13 Å². The van der Waals surface area contributed by atoms with Crippen LogP contribution in [0.1, 0.15) is 38.3 Å². The van der Waals surface area contributed by atoms with Crippen molar-refractivity contribution in [1.29, 1.82) is 0 Å². The number of ether oxygens (including phenoxy) is 1. The summed E-state index contributed by atoms with van der Waals surface area (Å²) in [5.41, 5.74) is 2.80. The third-order valence-corrected chi connectivity index (χ3v) is 4.92. The van der Waals surface area contributed by atoms with E-state index < -0.39 is 0 Å². The lowest BCUT2D eigenvalue weighted by Gasteiger charge is -2.13. The molecule has 0 aliphatic heterocycles. The van der Waals surface area contributed by atoms with E-state index in [1.807, 2.05) is 36.6 Å². The molecule has 1 atom stereocenters. The van der Waals surface area contributed by atoms with Gasteiger partial charge in [-0.05, 0) is 31.2 Å². The Kier molecular flexibility index (Phi) is 6.00. The molecule has 1 aliphatic rings. The van der Waals surface area contributed by atoms with Gasteiger partial charge < -0.3 is 10.1 Å². The number of thiazole rings is 1. The molecule has 2 N–H and O–H groups in total. The average Bonchev–Trinajstić information content (AvgIpc) is 3.31. The number of nitrogens with zero attached hydrogens (tertiary/aromatic N) is 1. The van der Waals surface area contributed by atoms with E-state index in [-0.39, 0.29) is 24.5 Å². The molecule has 1 aliphatic carbocycles. The highest BCUT2D eigenvalue weighted by Gasteiger charge is 2.21. The molecule has 0 bridgehead atoms.